The second-order valence-corrected chi connectivity index (χ2v) is 5.32. The van der Waals surface area contributed by atoms with Gasteiger partial charge in [0.15, 0.2) is 11.5 Å². The Morgan fingerprint density at radius 1 is 1.38 bits per heavy atom. The molecule has 7 nitrogen and oxygen atoms in total. The molecule has 0 saturated heterocycles. The van der Waals surface area contributed by atoms with Crippen LogP contribution in [0.4, 0.5) is 10.2 Å². The minimum absolute atomic E-state index is 0.292. The van der Waals surface area contributed by atoms with Crippen LogP contribution in [0.5, 0.6) is 0 Å². The number of H-pyrrole nitrogens is 1. The average molecular weight is 324 g/mol. The highest BCUT2D eigenvalue weighted by Gasteiger charge is 2.17. The number of hydrogen-bond donors (Lipinski definition) is 2. The molecule has 0 aliphatic rings. The van der Waals surface area contributed by atoms with Gasteiger partial charge in [-0.05, 0) is 18.1 Å². The van der Waals surface area contributed by atoms with Crippen LogP contribution in [0.3, 0.4) is 0 Å². The molecule has 0 aliphatic carbocycles. The largest absolute Gasteiger partial charge is 0.312 e. The van der Waals surface area contributed by atoms with Crippen LogP contribution in [0.25, 0.3) is 27.8 Å². The Labute approximate surface area is 135 Å². The summed E-state index contributed by atoms with van der Waals surface area (Å²) in [4.78, 5) is 19.2. The molecule has 120 valence electrons. The molecule has 0 bridgehead atoms. The molecule has 0 aliphatic heterocycles. The first-order chi connectivity index (χ1) is 11.7. The van der Waals surface area contributed by atoms with E-state index in [0.29, 0.717) is 46.6 Å². The lowest BCUT2D eigenvalue weighted by atomic mass is 9.98. The minimum atomic E-state index is -0.292. The molecule has 4 aromatic rings. The van der Waals surface area contributed by atoms with Crippen molar-refractivity contribution >= 4 is 28.8 Å². The summed E-state index contributed by atoms with van der Waals surface area (Å²) in [6, 6.07) is 1.45. The average Bonchev–Trinajstić information content (AvgIpc) is 3.18. The van der Waals surface area contributed by atoms with Gasteiger partial charge in [-0.2, -0.15) is 5.10 Å². The Balaban J connectivity index is 1.98. The van der Waals surface area contributed by atoms with Crippen LogP contribution in [-0.2, 0) is 11.2 Å². The second kappa shape index (κ2) is 5.41. The number of halogens is 1. The van der Waals surface area contributed by atoms with E-state index in [9.17, 15) is 9.18 Å². The fourth-order valence-corrected chi connectivity index (χ4v) is 2.90. The van der Waals surface area contributed by atoms with E-state index in [0.717, 1.165) is 5.39 Å². The van der Waals surface area contributed by atoms with Crippen LogP contribution in [0.1, 0.15) is 12.5 Å². The topological polar surface area (TPSA) is 88.0 Å². The van der Waals surface area contributed by atoms with Crippen LogP contribution >= 0.6 is 0 Å². The summed E-state index contributed by atoms with van der Waals surface area (Å²) in [7, 11) is 0. The SMILES string of the molecule is CCc1c(F)cc2[nH]ncc2c1-c1cn2cc(NC=O)nc2cn1. The number of carbonyl (C=O) groups is 1. The molecule has 0 spiro atoms. The number of aromatic amines is 1. The van der Waals surface area contributed by atoms with E-state index in [2.05, 4.69) is 25.5 Å². The van der Waals surface area contributed by atoms with Gasteiger partial charge in [-0.25, -0.2) is 9.37 Å². The number of rotatable bonds is 4. The molecule has 0 fully saturated rings. The van der Waals surface area contributed by atoms with Gasteiger partial charge < -0.3 is 9.72 Å². The molecule has 24 heavy (non-hydrogen) atoms. The number of nitrogens with one attached hydrogen (secondary N) is 2. The number of imidazole rings is 1. The zero-order valence-electron chi connectivity index (χ0n) is 12.7. The molecule has 0 atom stereocenters. The van der Waals surface area contributed by atoms with Gasteiger partial charge >= 0.3 is 0 Å². The molecule has 0 unspecified atom stereocenters. The first kappa shape index (κ1) is 14.3. The highest BCUT2D eigenvalue weighted by molar-refractivity contribution is 5.95. The fraction of sp³-hybridized carbons (Fsp3) is 0.125. The van der Waals surface area contributed by atoms with Crippen molar-refractivity contribution < 1.29 is 9.18 Å². The number of amides is 1. The maximum atomic E-state index is 14.4. The highest BCUT2D eigenvalue weighted by atomic mass is 19.1. The summed E-state index contributed by atoms with van der Waals surface area (Å²) < 4.78 is 16.2. The predicted octanol–water partition coefficient (Wildman–Crippen LogP) is 2.54. The van der Waals surface area contributed by atoms with E-state index in [1.54, 1.807) is 29.2 Å². The van der Waals surface area contributed by atoms with Crippen molar-refractivity contribution in [2.45, 2.75) is 13.3 Å². The van der Waals surface area contributed by atoms with E-state index in [-0.39, 0.29) is 5.82 Å². The minimum Gasteiger partial charge on any atom is -0.312 e. The lowest BCUT2D eigenvalue weighted by Crippen LogP contribution is -1.97. The van der Waals surface area contributed by atoms with Gasteiger partial charge in [0, 0.05) is 17.1 Å². The molecule has 3 aromatic heterocycles. The third-order valence-corrected chi connectivity index (χ3v) is 3.96. The standard InChI is InChI=1S/C16H13FN6O/c1-2-9-11(17)3-12-10(4-20-22-12)16(9)13-6-23-7-14(19-8-24)21-15(23)5-18-13/h3-8H,2H2,1H3,(H,19,24)(H,20,22). The second-order valence-electron chi connectivity index (χ2n) is 5.32. The first-order valence-electron chi connectivity index (χ1n) is 7.41. The van der Waals surface area contributed by atoms with Crippen molar-refractivity contribution in [3.8, 4) is 11.3 Å². The number of anilines is 1. The number of carbonyl (C=O) groups excluding carboxylic acids is 1. The molecule has 3 heterocycles. The zero-order valence-corrected chi connectivity index (χ0v) is 12.7. The monoisotopic (exact) mass is 324 g/mol. The highest BCUT2D eigenvalue weighted by Crippen LogP contribution is 2.32. The Kier molecular flexibility index (Phi) is 3.23. The van der Waals surface area contributed by atoms with Crippen molar-refractivity contribution in [2.75, 3.05) is 5.32 Å². The van der Waals surface area contributed by atoms with E-state index < -0.39 is 0 Å². The van der Waals surface area contributed by atoms with Crippen molar-refractivity contribution in [2.24, 2.45) is 0 Å². The smallest absolute Gasteiger partial charge is 0.212 e. The Hall–Kier alpha value is -3.29. The normalized spacial score (nSPS) is 11.2. The maximum absolute atomic E-state index is 14.4. The lowest BCUT2D eigenvalue weighted by molar-refractivity contribution is -0.105. The number of hydrogen-bond acceptors (Lipinski definition) is 4. The van der Waals surface area contributed by atoms with Gasteiger partial charge in [0.2, 0.25) is 6.41 Å². The summed E-state index contributed by atoms with van der Waals surface area (Å²) in [5.74, 6) is 0.132. The predicted molar refractivity (Wildman–Crippen MR) is 87.1 cm³/mol. The quantitative estimate of drug-likeness (QED) is 0.565. The van der Waals surface area contributed by atoms with Crippen molar-refractivity contribution in [1.82, 2.24) is 24.6 Å². The van der Waals surface area contributed by atoms with Gasteiger partial charge in [0.1, 0.15) is 5.82 Å². The van der Waals surface area contributed by atoms with E-state index in [4.69, 9.17) is 0 Å². The molecule has 8 heteroatoms. The summed E-state index contributed by atoms with van der Waals surface area (Å²) >= 11 is 0. The van der Waals surface area contributed by atoms with Gasteiger partial charge in [-0.15, -0.1) is 0 Å². The summed E-state index contributed by atoms with van der Waals surface area (Å²) in [5, 5.41) is 10.1. The number of benzene rings is 1. The summed E-state index contributed by atoms with van der Waals surface area (Å²) in [6.45, 7) is 1.90. The van der Waals surface area contributed by atoms with Gasteiger partial charge in [0.25, 0.3) is 0 Å². The first-order valence-corrected chi connectivity index (χ1v) is 7.41. The van der Waals surface area contributed by atoms with Gasteiger partial charge in [-0.3, -0.25) is 14.9 Å². The van der Waals surface area contributed by atoms with Crippen LogP contribution in [0.2, 0.25) is 0 Å². The Morgan fingerprint density at radius 2 is 2.25 bits per heavy atom. The van der Waals surface area contributed by atoms with E-state index in [1.165, 1.54) is 6.07 Å². The van der Waals surface area contributed by atoms with E-state index >= 15 is 0 Å². The molecular weight excluding hydrogens is 311 g/mol. The van der Waals surface area contributed by atoms with Gasteiger partial charge in [-0.1, -0.05) is 6.92 Å². The number of nitrogens with zero attached hydrogens (tertiary/aromatic N) is 4. The molecule has 2 N–H and O–H groups in total. The van der Waals surface area contributed by atoms with Crippen LogP contribution in [-0.4, -0.2) is 31.0 Å². The molecule has 0 saturated carbocycles. The van der Waals surface area contributed by atoms with E-state index in [1.807, 2.05) is 6.92 Å². The van der Waals surface area contributed by atoms with Gasteiger partial charge in [0.05, 0.1) is 29.8 Å². The maximum Gasteiger partial charge on any atom is 0.212 e. The Morgan fingerprint density at radius 3 is 3.04 bits per heavy atom. The third-order valence-electron chi connectivity index (χ3n) is 3.96. The summed E-state index contributed by atoms with van der Waals surface area (Å²) in [5.41, 5.74) is 3.11. The molecule has 1 amide bonds. The summed E-state index contributed by atoms with van der Waals surface area (Å²) in [6.07, 6.45) is 7.78. The number of aromatic nitrogens is 5. The van der Waals surface area contributed by atoms with Crippen LogP contribution < -0.4 is 5.32 Å². The van der Waals surface area contributed by atoms with Crippen LogP contribution in [0, 0.1) is 5.82 Å². The zero-order chi connectivity index (χ0) is 16.7. The third kappa shape index (κ3) is 2.11. The molecule has 0 radical (unpaired) electrons. The Bertz CT molecular complexity index is 1070. The van der Waals surface area contributed by atoms with Crippen molar-refractivity contribution in [1.29, 1.82) is 0 Å². The molecule has 1 aromatic carbocycles. The van der Waals surface area contributed by atoms with Crippen LogP contribution in [0.15, 0.2) is 30.9 Å². The molecule has 4 rings (SSSR count). The lowest BCUT2D eigenvalue weighted by Gasteiger charge is -2.10. The number of fused-ring (bicyclic) bond motifs is 2. The van der Waals surface area contributed by atoms with Crippen molar-refractivity contribution in [3.05, 3.63) is 42.2 Å². The molecular formula is C16H13FN6O. The fourth-order valence-electron chi connectivity index (χ4n) is 2.90. The van der Waals surface area contributed by atoms with Crippen molar-refractivity contribution in [3.63, 3.8) is 0 Å².